The quantitative estimate of drug-likeness (QED) is 0.881. The zero-order chi connectivity index (χ0) is 14.5. The predicted molar refractivity (Wildman–Crippen MR) is 84.5 cm³/mol. The molecule has 0 spiro atoms. The average molecular weight is 337 g/mol. The molecule has 0 amide bonds. The van der Waals surface area contributed by atoms with Gasteiger partial charge in [0.05, 0.1) is 12.2 Å². The first-order valence-corrected chi connectivity index (χ1v) is 7.66. The Morgan fingerprint density at radius 1 is 1.30 bits per heavy atom. The number of rotatable bonds is 6. The molecule has 5 heteroatoms. The molecule has 2 aromatic heterocycles. The Balaban J connectivity index is 2.09. The number of nitrogens with zero attached hydrogens (tertiary/aromatic N) is 3. The van der Waals surface area contributed by atoms with Gasteiger partial charge in [-0.05, 0) is 46.9 Å². The van der Waals surface area contributed by atoms with Crippen molar-refractivity contribution in [2.75, 3.05) is 6.54 Å². The van der Waals surface area contributed by atoms with E-state index in [0.717, 1.165) is 29.9 Å². The van der Waals surface area contributed by atoms with Crippen molar-refractivity contribution in [3.8, 4) is 0 Å². The average Bonchev–Trinajstić information content (AvgIpc) is 2.71. The van der Waals surface area contributed by atoms with Crippen molar-refractivity contribution in [2.24, 2.45) is 5.92 Å². The molecule has 0 fully saturated rings. The summed E-state index contributed by atoms with van der Waals surface area (Å²) in [6.45, 7) is 9.13. The Morgan fingerprint density at radius 3 is 2.80 bits per heavy atom. The molecule has 2 rings (SSSR count). The predicted octanol–water partition coefficient (Wildman–Crippen LogP) is 3.14. The van der Waals surface area contributed by atoms with Crippen LogP contribution in [0.3, 0.4) is 0 Å². The number of hydrogen-bond acceptors (Lipinski definition) is 3. The van der Waals surface area contributed by atoms with Crippen LogP contribution in [0, 0.1) is 12.8 Å². The number of nitrogens with one attached hydrogen (secondary N) is 1. The van der Waals surface area contributed by atoms with E-state index in [4.69, 9.17) is 0 Å². The molecule has 2 heterocycles. The summed E-state index contributed by atoms with van der Waals surface area (Å²) < 4.78 is 3.24. The molecule has 0 aliphatic rings. The van der Waals surface area contributed by atoms with Crippen LogP contribution in [-0.4, -0.2) is 21.1 Å². The molecule has 0 aromatic carbocycles. The van der Waals surface area contributed by atoms with Crippen molar-refractivity contribution < 1.29 is 0 Å². The van der Waals surface area contributed by atoms with E-state index < -0.39 is 0 Å². The Labute approximate surface area is 128 Å². The second-order valence-corrected chi connectivity index (χ2v) is 6.33. The van der Waals surface area contributed by atoms with E-state index in [1.54, 1.807) is 6.20 Å². The third-order valence-corrected chi connectivity index (χ3v) is 3.53. The molecule has 0 saturated carbocycles. The fraction of sp³-hybridized carbons (Fsp3) is 0.467. The minimum absolute atomic E-state index is 0.654. The summed E-state index contributed by atoms with van der Waals surface area (Å²) in [5.74, 6) is 1.69. The number of aryl methyl sites for hydroxylation is 1. The van der Waals surface area contributed by atoms with E-state index in [2.05, 4.69) is 55.7 Å². The third-order valence-electron chi connectivity index (χ3n) is 3.10. The Bertz CT molecular complexity index is 563. The van der Waals surface area contributed by atoms with Crippen LogP contribution in [0.4, 0.5) is 0 Å². The summed E-state index contributed by atoms with van der Waals surface area (Å²) in [4.78, 5) is 8.64. The van der Waals surface area contributed by atoms with Crippen LogP contribution in [0.25, 0.3) is 0 Å². The van der Waals surface area contributed by atoms with Crippen LogP contribution >= 0.6 is 15.9 Å². The van der Waals surface area contributed by atoms with Crippen molar-refractivity contribution >= 4 is 15.9 Å². The van der Waals surface area contributed by atoms with Gasteiger partial charge in [-0.15, -0.1) is 0 Å². The lowest BCUT2D eigenvalue weighted by atomic mass is 10.2. The highest BCUT2D eigenvalue weighted by Gasteiger charge is 2.08. The van der Waals surface area contributed by atoms with Gasteiger partial charge in [-0.2, -0.15) is 0 Å². The normalized spacial score (nSPS) is 11.2. The summed E-state index contributed by atoms with van der Waals surface area (Å²) in [5.41, 5.74) is 2.38. The lowest BCUT2D eigenvalue weighted by Gasteiger charge is -2.12. The molecule has 0 bridgehead atoms. The molecule has 20 heavy (non-hydrogen) atoms. The van der Waals surface area contributed by atoms with Gasteiger partial charge in [0, 0.05) is 29.6 Å². The van der Waals surface area contributed by atoms with Crippen LogP contribution in [0.2, 0.25) is 0 Å². The van der Waals surface area contributed by atoms with Gasteiger partial charge in [0.25, 0.3) is 0 Å². The summed E-state index contributed by atoms with van der Waals surface area (Å²) in [6, 6.07) is 2.10. The molecule has 4 nitrogen and oxygen atoms in total. The van der Waals surface area contributed by atoms with Crippen molar-refractivity contribution in [1.82, 2.24) is 19.9 Å². The van der Waals surface area contributed by atoms with E-state index in [0.29, 0.717) is 5.92 Å². The Kier molecular flexibility index (Phi) is 5.31. The van der Waals surface area contributed by atoms with Gasteiger partial charge in [-0.1, -0.05) is 13.8 Å². The summed E-state index contributed by atoms with van der Waals surface area (Å²) in [5, 5.41) is 3.47. The molecule has 1 N–H and O–H groups in total. The van der Waals surface area contributed by atoms with Crippen molar-refractivity contribution in [3.05, 3.63) is 46.2 Å². The zero-order valence-corrected chi connectivity index (χ0v) is 13.8. The standard InChI is InChI=1S/C15H21BrN4/c1-11(2)5-17-8-15-9-19-12(3)20(15)10-13-4-14(16)7-18-6-13/h4,6-7,9,11,17H,5,8,10H2,1-3H3. The fourth-order valence-electron chi connectivity index (χ4n) is 2.09. The SMILES string of the molecule is Cc1ncc(CNCC(C)C)n1Cc1cncc(Br)c1. The molecule has 2 aromatic rings. The van der Waals surface area contributed by atoms with Gasteiger partial charge in [-0.3, -0.25) is 4.98 Å². The molecular weight excluding hydrogens is 316 g/mol. The van der Waals surface area contributed by atoms with Gasteiger partial charge in [0.15, 0.2) is 0 Å². The smallest absolute Gasteiger partial charge is 0.106 e. The van der Waals surface area contributed by atoms with Crippen LogP contribution in [0.5, 0.6) is 0 Å². The molecule has 0 saturated heterocycles. The minimum atomic E-state index is 0.654. The molecular formula is C15H21BrN4. The van der Waals surface area contributed by atoms with Gasteiger partial charge >= 0.3 is 0 Å². The van der Waals surface area contributed by atoms with E-state index in [1.807, 2.05) is 19.3 Å². The molecule has 0 atom stereocenters. The highest BCUT2D eigenvalue weighted by atomic mass is 79.9. The largest absolute Gasteiger partial charge is 0.327 e. The first-order valence-electron chi connectivity index (χ1n) is 6.87. The van der Waals surface area contributed by atoms with Crippen LogP contribution in [-0.2, 0) is 13.1 Å². The highest BCUT2D eigenvalue weighted by Crippen LogP contribution is 2.13. The number of hydrogen-bond donors (Lipinski definition) is 1. The second kappa shape index (κ2) is 6.99. The fourth-order valence-corrected chi connectivity index (χ4v) is 2.50. The van der Waals surface area contributed by atoms with E-state index in [1.165, 1.54) is 11.3 Å². The first kappa shape index (κ1) is 15.2. The van der Waals surface area contributed by atoms with Crippen molar-refractivity contribution in [1.29, 1.82) is 0 Å². The van der Waals surface area contributed by atoms with E-state index in [-0.39, 0.29) is 0 Å². The minimum Gasteiger partial charge on any atom is -0.327 e. The Hall–Kier alpha value is -1.20. The summed E-state index contributed by atoms with van der Waals surface area (Å²) >= 11 is 3.46. The lowest BCUT2D eigenvalue weighted by Crippen LogP contribution is -2.21. The van der Waals surface area contributed by atoms with Crippen LogP contribution in [0.15, 0.2) is 29.1 Å². The number of pyridine rings is 1. The van der Waals surface area contributed by atoms with Crippen molar-refractivity contribution in [3.63, 3.8) is 0 Å². The van der Waals surface area contributed by atoms with Gasteiger partial charge < -0.3 is 9.88 Å². The summed E-state index contributed by atoms with van der Waals surface area (Å²) in [6.07, 6.45) is 5.65. The summed E-state index contributed by atoms with van der Waals surface area (Å²) in [7, 11) is 0. The van der Waals surface area contributed by atoms with Gasteiger partial charge in [0.2, 0.25) is 0 Å². The van der Waals surface area contributed by atoms with Crippen molar-refractivity contribution in [2.45, 2.75) is 33.9 Å². The van der Waals surface area contributed by atoms with Gasteiger partial charge in [0.1, 0.15) is 5.82 Å². The number of imidazole rings is 1. The molecule has 0 unspecified atom stereocenters. The molecule has 0 aliphatic carbocycles. The number of aromatic nitrogens is 3. The van der Waals surface area contributed by atoms with Crippen LogP contribution < -0.4 is 5.32 Å². The second-order valence-electron chi connectivity index (χ2n) is 5.42. The highest BCUT2D eigenvalue weighted by molar-refractivity contribution is 9.10. The maximum absolute atomic E-state index is 4.42. The molecule has 108 valence electrons. The van der Waals surface area contributed by atoms with Crippen LogP contribution in [0.1, 0.15) is 30.9 Å². The Morgan fingerprint density at radius 2 is 2.10 bits per heavy atom. The monoisotopic (exact) mass is 336 g/mol. The maximum Gasteiger partial charge on any atom is 0.106 e. The topological polar surface area (TPSA) is 42.7 Å². The van der Waals surface area contributed by atoms with E-state index >= 15 is 0 Å². The first-order chi connectivity index (χ1) is 9.56. The molecule has 0 radical (unpaired) electrons. The van der Waals surface area contributed by atoms with E-state index in [9.17, 15) is 0 Å². The zero-order valence-electron chi connectivity index (χ0n) is 12.2. The molecule has 0 aliphatic heterocycles. The third kappa shape index (κ3) is 4.15. The number of halogens is 1. The lowest BCUT2D eigenvalue weighted by molar-refractivity contribution is 0.537. The van der Waals surface area contributed by atoms with Gasteiger partial charge in [-0.25, -0.2) is 4.98 Å². The maximum atomic E-state index is 4.42.